The fourth-order valence-corrected chi connectivity index (χ4v) is 3.72. The maximum atomic E-state index is 11.3. The van der Waals surface area contributed by atoms with Crippen LogP contribution in [0.25, 0.3) is 0 Å². The van der Waals surface area contributed by atoms with E-state index in [1.54, 1.807) is 0 Å². The smallest absolute Gasteiger partial charge is 0.331 e. The molecule has 5 nitrogen and oxygen atoms in total. The number of rotatable bonds is 7. The normalized spacial score (nSPS) is 32.6. The Hall–Kier alpha value is -0.910. The predicted molar refractivity (Wildman–Crippen MR) is 91.3 cm³/mol. The number of hydrogen-bond donors (Lipinski definition) is 2. The number of aliphatic carboxylic acids is 1. The summed E-state index contributed by atoms with van der Waals surface area (Å²) in [6.45, 7) is 7.99. The van der Waals surface area contributed by atoms with Crippen LogP contribution in [-0.4, -0.2) is 54.4 Å². The van der Waals surface area contributed by atoms with Crippen molar-refractivity contribution in [3.63, 3.8) is 0 Å². The number of nitrogens with two attached hydrogens (primary N) is 1. The molecule has 0 bridgehead atoms. The van der Waals surface area contributed by atoms with Gasteiger partial charge in [0.15, 0.2) is 0 Å². The molecule has 1 aliphatic carbocycles. The molecule has 1 heterocycles. The van der Waals surface area contributed by atoms with Crippen LogP contribution in [0.15, 0.2) is 11.6 Å². The van der Waals surface area contributed by atoms with E-state index in [-0.39, 0.29) is 18.0 Å². The molecule has 0 aromatic carbocycles. The quantitative estimate of drug-likeness (QED) is 0.703. The van der Waals surface area contributed by atoms with Crippen LogP contribution in [-0.2, 0) is 9.53 Å². The minimum absolute atomic E-state index is 0.0720. The second kappa shape index (κ2) is 8.81. The first kappa shape index (κ1) is 18.4. The van der Waals surface area contributed by atoms with Crippen molar-refractivity contribution in [2.75, 3.05) is 26.3 Å². The Kier molecular flexibility index (Phi) is 7.06. The van der Waals surface area contributed by atoms with Crippen LogP contribution in [0.3, 0.4) is 0 Å². The lowest BCUT2D eigenvalue weighted by Gasteiger charge is -2.43. The number of piperidine rings is 1. The van der Waals surface area contributed by atoms with Crippen molar-refractivity contribution < 1.29 is 14.6 Å². The van der Waals surface area contributed by atoms with Crippen LogP contribution in [0.4, 0.5) is 0 Å². The van der Waals surface area contributed by atoms with E-state index in [0.717, 1.165) is 45.6 Å². The SMILES string of the molecule is CCCCOC[C@H]1CCCN([C@@H]2C=C(C(=O)O)C[C@H](N)[C@H]2C)C1. The fraction of sp³-hybridized carbons (Fsp3) is 0.833. The van der Waals surface area contributed by atoms with E-state index < -0.39 is 5.97 Å². The summed E-state index contributed by atoms with van der Waals surface area (Å²) in [7, 11) is 0. The van der Waals surface area contributed by atoms with Gasteiger partial charge in [-0.3, -0.25) is 4.90 Å². The highest BCUT2D eigenvalue weighted by Crippen LogP contribution is 2.30. The lowest BCUT2D eigenvalue weighted by molar-refractivity contribution is -0.133. The Labute approximate surface area is 139 Å². The molecule has 2 aliphatic rings. The molecule has 0 radical (unpaired) electrons. The van der Waals surface area contributed by atoms with E-state index in [1.165, 1.54) is 6.42 Å². The lowest BCUT2D eigenvalue weighted by atomic mass is 9.81. The number of nitrogens with zero attached hydrogens (tertiary/aromatic N) is 1. The van der Waals surface area contributed by atoms with Gasteiger partial charge in [0.05, 0.1) is 6.61 Å². The second-order valence-corrected chi connectivity index (χ2v) is 7.15. The molecular formula is C18H32N2O3. The molecule has 0 aromatic rings. The Balaban J connectivity index is 1.96. The van der Waals surface area contributed by atoms with E-state index in [4.69, 9.17) is 10.5 Å². The molecule has 132 valence electrons. The van der Waals surface area contributed by atoms with Gasteiger partial charge in [0.1, 0.15) is 0 Å². The molecule has 1 aliphatic heterocycles. The molecule has 0 spiro atoms. The summed E-state index contributed by atoms with van der Waals surface area (Å²) in [5.74, 6) is 0.0132. The lowest BCUT2D eigenvalue weighted by Crippen LogP contribution is -2.52. The zero-order valence-corrected chi connectivity index (χ0v) is 14.5. The van der Waals surface area contributed by atoms with Gasteiger partial charge < -0.3 is 15.6 Å². The first-order valence-corrected chi connectivity index (χ1v) is 9.04. The highest BCUT2D eigenvalue weighted by atomic mass is 16.5. The van der Waals surface area contributed by atoms with Crippen molar-refractivity contribution in [2.24, 2.45) is 17.6 Å². The van der Waals surface area contributed by atoms with Crippen LogP contribution in [0.2, 0.25) is 0 Å². The maximum Gasteiger partial charge on any atom is 0.331 e. The van der Waals surface area contributed by atoms with Gasteiger partial charge in [0, 0.05) is 30.8 Å². The number of carboxylic acid groups (broad SMARTS) is 1. The molecule has 5 heteroatoms. The van der Waals surface area contributed by atoms with Gasteiger partial charge in [0.2, 0.25) is 0 Å². The fourth-order valence-electron chi connectivity index (χ4n) is 3.72. The molecule has 0 aromatic heterocycles. The summed E-state index contributed by atoms with van der Waals surface area (Å²) in [6.07, 6.45) is 7.05. The zero-order chi connectivity index (χ0) is 16.8. The van der Waals surface area contributed by atoms with E-state index in [0.29, 0.717) is 17.9 Å². The summed E-state index contributed by atoms with van der Waals surface area (Å²) in [5, 5.41) is 9.31. The molecule has 0 saturated carbocycles. The minimum Gasteiger partial charge on any atom is -0.478 e. The Morgan fingerprint density at radius 3 is 3.00 bits per heavy atom. The van der Waals surface area contributed by atoms with Gasteiger partial charge in [-0.05, 0) is 44.1 Å². The van der Waals surface area contributed by atoms with Crippen LogP contribution >= 0.6 is 0 Å². The average molecular weight is 324 g/mol. The minimum atomic E-state index is -0.825. The molecule has 0 unspecified atom stereocenters. The molecular weight excluding hydrogens is 292 g/mol. The molecule has 4 atom stereocenters. The first-order chi connectivity index (χ1) is 11.0. The summed E-state index contributed by atoms with van der Waals surface area (Å²) in [5.41, 5.74) is 6.67. The van der Waals surface area contributed by atoms with Crippen molar-refractivity contribution >= 4 is 5.97 Å². The van der Waals surface area contributed by atoms with Crippen LogP contribution in [0, 0.1) is 11.8 Å². The van der Waals surface area contributed by atoms with Crippen LogP contribution < -0.4 is 5.73 Å². The number of carboxylic acids is 1. The van der Waals surface area contributed by atoms with E-state index >= 15 is 0 Å². The van der Waals surface area contributed by atoms with Gasteiger partial charge >= 0.3 is 5.97 Å². The Morgan fingerprint density at radius 1 is 1.52 bits per heavy atom. The van der Waals surface area contributed by atoms with Gasteiger partial charge in [0.25, 0.3) is 0 Å². The topological polar surface area (TPSA) is 75.8 Å². The number of likely N-dealkylation sites (tertiary alicyclic amines) is 1. The largest absolute Gasteiger partial charge is 0.478 e. The average Bonchev–Trinajstić information content (AvgIpc) is 2.54. The van der Waals surface area contributed by atoms with Crippen molar-refractivity contribution in [1.82, 2.24) is 4.90 Å². The third kappa shape index (κ3) is 5.03. The highest BCUT2D eigenvalue weighted by Gasteiger charge is 2.35. The van der Waals surface area contributed by atoms with E-state index in [9.17, 15) is 9.90 Å². The van der Waals surface area contributed by atoms with Gasteiger partial charge in [-0.15, -0.1) is 0 Å². The van der Waals surface area contributed by atoms with Gasteiger partial charge in [-0.1, -0.05) is 26.3 Å². The van der Waals surface area contributed by atoms with E-state index in [1.807, 2.05) is 6.08 Å². The standard InChI is InChI=1S/C18H32N2O3/c1-3-4-8-23-12-14-6-5-7-20(11-14)17-10-15(18(21)22)9-16(19)13(17)2/h10,13-14,16-17H,3-9,11-12,19H2,1-2H3,(H,21,22)/t13-,14+,16+,17-/m1/s1. The van der Waals surface area contributed by atoms with Crippen molar-refractivity contribution in [3.05, 3.63) is 11.6 Å². The van der Waals surface area contributed by atoms with E-state index in [2.05, 4.69) is 18.7 Å². The van der Waals surface area contributed by atoms with Gasteiger partial charge in [-0.2, -0.15) is 0 Å². The summed E-state index contributed by atoms with van der Waals surface area (Å²) < 4.78 is 5.80. The third-order valence-corrected chi connectivity index (χ3v) is 5.28. The number of ether oxygens (including phenoxy) is 1. The molecule has 23 heavy (non-hydrogen) atoms. The molecule has 3 N–H and O–H groups in total. The molecule has 1 saturated heterocycles. The van der Waals surface area contributed by atoms with Crippen LogP contribution in [0.5, 0.6) is 0 Å². The third-order valence-electron chi connectivity index (χ3n) is 5.28. The summed E-state index contributed by atoms with van der Waals surface area (Å²) >= 11 is 0. The first-order valence-electron chi connectivity index (χ1n) is 9.04. The number of carbonyl (C=O) groups is 1. The van der Waals surface area contributed by atoms with Crippen LogP contribution in [0.1, 0.15) is 46.0 Å². The molecule has 0 amide bonds. The maximum absolute atomic E-state index is 11.3. The van der Waals surface area contributed by atoms with Gasteiger partial charge in [-0.25, -0.2) is 4.79 Å². The summed E-state index contributed by atoms with van der Waals surface area (Å²) in [6, 6.07) is 0.0700. The molecule has 1 fully saturated rings. The summed E-state index contributed by atoms with van der Waals surface area (Å²) in [4.78, 5) is 13.8. The highest BCUT2D eigenvalue weighted by molar-refractivity contribution is 5.87. The Bertz CT molecular complexity index is 424. The van der Waals surface area contributed by atoms with Crippen molar-refractivity contribution in [3.8, 4) is 0 Å². The van der Waals surface area contributed by atoms with Crippen molar-refractivity contribution in [2.45, 2.75) is 58.0 Å². The Morgan fingerprint density at radius 2 is 2.30 bits per heavy atom. The molecule has 2 rings (SSSR count). The van der Waals surface area contributed by atoms with Crippen molar-refractivity contribution in [1.29, 1.82) is 0 Å². The second-order valence-electron chi connectivity index (χ2n) is 7.15. The zero-order valence-electron chi connectivity index (χ0n) is 14.5. The number of unbranched alkanes of at least 4 members (excludes halogenated alkanes) is 1. The number of hydrogen-bond acceptors (Lipinski definition) is 4. The predicted octanol–water partition coefficient (Wildman–Crippen LogP) is 2.26. The monoisotopic (exact) mass is 324 g/mol.